The minimum atomic E-state index is -0.495. The van der Waals surface area contributed by atoms with Crippen LogP contribution in [0.15, 0.2) is 42.5 Å². The van der Waals surface area contributed by atoms with Crippen LogP contribution < -0.4 is 14.8 Å². The van der Waals surface area contributed by atoms with Crippen molar-refractivity contribution >= 4 is 11.6 Å². The van der Waals surface area contributed by atoms with Crippen LogP contribution in [0, 0.1) is 12.7 Å². The molecule has 0 heterocycles. The molecule has 1 amide bonds. The lowest BCUT2D eigenvalue weighted by Crippen LogP contribution is -2.20. The molecule has 0 spiro atoms. The summed E-state index contributed by atoms with van der Waals surface area (Å²) in [6.45, 7) is 1.54. The van der Waals surface area contributed by atoms with Gasteiger partial charge in [0.05, 0.1) is 12.8 Å². The maximum Gasteiger partial charge on any atom is 0.262 e. The summed E-state index contributed by atoms with van der Waals surface area (Å²) < 4.78 is 23.8. The van der Waals surface area contributed by atoms with Crippen LogP contribution in [0.4, 0.5) is 10.1 Å². The van der Waals surface area contributed by atoms with Crippen molar-refractivity contribution in [2.75, 3.05) is 19.0 Å². The Bertz CT molecular complexity index is 643. The molecule has 0 unspecified atom stereocenters. The summed E-state index contributed by atoms with van der Waals surface area (Å²) in [7, 11) is 1.52. The number of halogens is 1. The van der Waals surface area contributed by atoms with Gasteiger partial charge in [-0.05, 0) is 36.8 Å². The summed E-state index contributed by atoms with van der Waals surface area (Å²) >= 11 is 0. The predicted molar refractivity (Wildman–Crippen MR) is 78.3 cm³/mol. The standard InChI is InChI=1S/C16H16FNO3/c1-11-7-8-12(17)15(9-11)21-10-16(19)18-13-5-3-4-6-14(13)20-2/h3-9H,10H2,1-2H3,(H,18,19). The van der Waals surface area contributed by atoms with Crippen molar-refractivity contribution in [1.82, 2.24) is 0 Å². The van der Waals surface area contributed by atoms with E-state index in [9.17, 15) is 9.18 Å². The van der Waals surface area contributed by atoms with Gasteiger partial charge in [0.1, 0.15) is 5.75 Å². The SMILES string of the molecule is COc1ccccc1NC(=O)COc1cc(C)ccc1F. The van der Waals surface area contributed by atoms with E-state index in [0.29, 0.717) is 11.4 Å². The first-order valence-electron chi connectivity index (χ1n) is 6.42. The number of amides is 1. The Balaban J connectivity index is 1.97. The van der Waals surface area contributed by atoms with Crippen LogP contribution in [-0.2, 0) is 4.79 Å². The predicted octanol–water partition coefficient (Wildman–Crippen LogP) is 3.16. The smallest absolute Gasteiger partial charge is 0.262 e. The summed E-state index contributed by atoms with van der Waals surface area (Å²) in [6.07, 6.45) is 0. The van der Waals surface area contributed by atoms with Gasteiger partial charge in [0.2, 0.25) is 0 Å². The Morgan fingerprint density at radius 3 is 2.71 bits per heavy atom. The van der Waals surface area contributed by atoms with Gasteiger partial charge in [0.15, 0.2) is 18.2 Å². The van der Waals surface area contributed by atoms with Crippen molar-refractivity contribution in [1.29, 1.82) is 0 Å². The molecule has 0 saturated heterocycles. The average Bonchev–Trinajstić information content (AvgIpc) is 2.49. The van der Waals surface area contributed by atoms with Crippen LogP contribution in [0.2, 0.25) is 0 Å². The number of benzene rings is 2. The van der Waals surface area contributed by atoms with Crippen molar-refractivity contribution < 1.29 is 18.7 Å². The van der Waals surface area contributed by atoms with Gasteiger partial charge in [-0.15, -0.1) is 0 Å². The maximum atomic E-state index is 13.5. The average molecular weight is 289 g/mol. The first kappa shape index (κ1) is 14.8. The number of ether oxygens (including phenoxy) is 2. The first-order valence-corrected chi connectivity index (χ1v) is 6.42. The minimum Gasteiger partial charge on any atom is -0.495 e. The second kappa shape index (κ2) is 6.74. The lowest BCUT2D eigenvalue weighted by molar-refractivity contribution is -0.118. The molecule has 0 atom stereocenters. The van der Waals surface area contributed by atoms with E-state index in [2.05, 4.69) is 5.32 Å². The fraction of sp³-hybridized carbons (Fsp3) is 0.188. The molecular weight excluding hydrogens is 273 g/mol. The van der Waals surface area contributed by atoms with Crippen LogP contribution in [0.1, 0.15) is 5.56 Å². The van der Waals surface area contributed by atoms with Crippen molar-refractivity contribution in [3.05, 3.63) is 53.8 Å². The highest BCUT2D eigenvalue weighted by Crippen LogP contribution is 2.23. The summed E-state index contributed by atoms with van der Waals surface area (Å²) in [5.74, 6) is -0.274. The van der Waals surface area contributed by atoms with E-state index in [-0.39, 0.29) is 18.3 Å². The Labute approximate surface area is 122 Å². The number of carbonyl (C=O) groups is 1. The lowest BCUT2D eigenvalue weighted by atomic mass is 10.2. The lowest BCUT2D eigenvalue weighted by Gasteiger charge is -2.11. The molecule has 0 aromatic heterocycles. The van der Waals surface area contributed by atoms with Crippen molar-refractivity contribution in [2.24, 2.45) is 0 Å². The first-order chi connectivity index (χ1) is 10.1. The van der Waals surface area contributed by atoms with Gasteiger partial charge in [0, 0.05) is 0 Å². The topological polar surface area (TPSA) is 47.6 Å². The van der Waals surface area contributed by atoms with Crippen LogP contribution in [0.3, 0.4) is 0 Å². The molecule has 0 aliphatic rings. The summed E-state index contributed by atoms with van der Waals surface area (Å²) in [5, 5.41) is 2.65. The second-order valence-electron chi connectivity index (χ2n) is 4.47. The highest BCUT2D eigenvalue weighted by molar-refractivity contribution is 5.93. The zero-order valence-corrected chi connectivity index (χ0v) is 11.9. The van der Waals surface area contributed by atoms with Crippen molar-refractivity contribution in [3.8, 4) is 11.5 Å². The number of methoxy groups -OCH3 is 1. The largest absolute Gasteiger partial charge is 0.495 e. The molecule has 110 valence electrons. The van der Waals surface area contributed by atoms with Crippen LogP contribution in [0.25, 0.3) is 0 Å². The van der Waals surface area contributed by atoms with Gasteiger partial charge < -0.3 is 14.8 Å². The van der Waals surface area contributed by atoms with E-state index in [4.69, 9.17) is 9.47 Å². The van der Waals surface area contributed by atoms with E-state index in [0.717, 1.165) is 5.56 Å². The number of nitrogens with one attached hydrogen (secondary N) is 1. The molecule has 5 heteroatoms. The second-order valence-corrected chi connectivity index (χ2v) is 4.47. The highest BCUT2D eigenvalue weighted by atomic mass is 19.1. The molecule has 2 aromatic carbocycles. The Kier molecular flexibility index (Phi) is 4.77. The molecule has 0 aliphatic carbocycles. The van der Waals surface area contributed by atoms with Crippen molar-refractivity contribution in [3.63, 3.8) is 0 Å². The number of rotatable bonds is 5. The van der Waals surface area contributed by atoms with Gasteiger partial charge in [-0.2, -0.15) is 0 Å². The molecule has 0 bridgehead atoms. The Morgan fingerprint density at radius 1 is 1.19 bits per heavy atom. The third-order valence-electron chi connectivity index (χ3n) is 2.83. The van der Waals surface area contributed by atoms with E-state index in [1.54, 1.807) is 36.4 Å². The minimum absolute atomic E-state index is 0.0603. The maximum absolute atomic E-state index is 13.5. The molecule has 0 saturated carbocycles. The van der Waals surface area contributed by atoms with Gasteiger partial charge in [-0.25, -0.2) is 4.39 Å². The zero-order valence-electron chi connectivity index (χ0n) is 11.9. The molecule has 2 aromatic rings. The fourth-order valence-corrected chi connectivity index (χ4v) is 1.80. The number of hydrogen-bond donors (Lipinski definition) is 1. The van der Waals surface area contributed by atoms with Gasteiger partial charge in [0.25, 0.3) is 5.91 Å². The zero-order chi connectivity index (χ0) is 15.2. The number of anilines is 1. The van der Waals surface area contributed by atoms with Gasteiger partial charge in [-0.3, -0.25) is 4.79 Å². The summed E-state index contributed by atoms with van der Waals surface area (Å²) in [6, 6.07) is 11.5. The Morgan fingerprint density at radius 2 is 1.95 bits per heavy atom. The molecule has 21 heavy (non-hydrogen) atoms. The van der Waals surface area contributed by atoms with Crippen LogP contribution >= 0.6 is 0 Å². The van der Waals surface area contributed by atoms with Gasteiger partial charge >= 0.3 is 0 Å². The fourth-order valence-electron chi connectivity index (χ4n) is 1.80. The molecule has 2 rings (SSSR count). The molecular formula is C16H16FNO3. The van der Waals surface area contributed by atoms with E-state index >= 15 is 0 Å². The van der Waals surface area contributed by atoms with Crippen LogP contribution in [0.5, 0.6) is 11.5 Å². The highest BCUT2D eigenvalue weighted by Gasteiger charge is 2.09. The third-order valence-corrected chi connectivity index (χ3v) is 2.83. The summed E-state index contributed by atoms with van der Waals surface area (Å²) in [4.78, 5) is 11.8. The Hall–Kier alpha value is -2.56. The number of hydrogen-bond acceptors (Lipinski definition) is 3. The number of para-hydroxylation sites is 2. The summed E-state index contributed by atoms with van der Waals surface area (Å²) in [5.41, 5.74) is 1.40. The molecule has 0 aliphatic heterocycles. The monoisotopic (exact) mass is 289 g/mol. The van der Waals surface area contributed by atoms with Crippen molar-refractivity contribution in [2.45, 2.75) is 6.92 Å². The van der Waals surface area contributed by atoms with E-state index in [1.165, 1.54) is 13.2 Å². The third kappa shape index (κ3) is 3.95. The van der Waals surface area contributed by atoms with Gasteiger partial charge in [-0.1, -0.05) is 18.2 Å². The number of aryl methyl sites for hydroxylation is 1. The molecule has 0 fully saturated rings. The molecule has 4 nitrogen and oxygen atoms in total. The van der Waals surface area contributed by atoms with E-state index < -0.39 is 5.82 Å². The van der Waals surface area contributed by atoms with Crippen LogP contribution in [-0.4, -0.2) is 19.6 Å². The quantitative estimate of drug-likeness (QED) is 0.919. The molecule has 0 radical (unpaired) electrons. The van der Waals surface area contributed by atoms with E-state index in [1.807, 2.05) is 6.92 Å². The molecule has 1 N–H and O–H groups in total. The number of carbonyl (C=O) groups excluding carboxylic acids is 1. The normalized spacial score (nSPS) is 10.0.